The number of rotatable bonds is 6. The zero-order valence-electron chi connectivity index (χ0n) is 16.7. The number of amides is 2. The van der Waals surface area contributed by atoms with Gasteiger partial charge in [0, 0.05) is 22.5 Å². The molecule has 0 aromatic heterocycles. The van der Waals surface area contributed by atoms with Crippen molar-refractivity contribution in [1.29, 1.82) is 0 Å². The molecule has 0 atom stereocenters. The Morgan fingerprint density at radius 2 is 1.62 bits per heavy atom. The highest BCUT2D eigenvalue weighted by Gasteiger charge is 2.31. The number of benzene rings is 3. The summed E-state index contributed by atoms with van der Waals surface area (Å²) in [5.41, 5.74) is 2.08. The first-order chi connectivity index (χ1) is 15.2. The van der Waals surface area contributed by atoms with Gasteiger partial charge in [-0.2, -0.15) is 0 Å². The van der Waals surface area contributed by atoms with Gasteiger partial charge >= 0.3 is 0 Å². The smallest absolute Gasteiger partial charge is 0.261 e. The lowest BCUT2D eigenvalue weighted by atomic mass is 10.1. The van der Waals surface area contributed by atoms with E-state index in [1.165, 1.54) is 47.4 Å². The predicted molar refractivity (Wildman–Crippen MR) is 119 cm³/mol. The van der Waals surface area contributed by atoms with Crippen LogP contribution in [-0.2, 0) is 14.8 Å². The summed E-state index contributed by atoms with van der Waals surface area (Å²) in [5.74, 6) is -1.32. The van der Waals surface area contributed by atoms with E-state index in [1.807, 2.05) is 0 Å². The Balaban J connectivity index is 1.41. The number of fused-ring (bicyclic) bond motifs is 1. The molecule has 1 aliphatic rings. The Kier molecular flexibility index (Phi) is 5.50. The molecule has 0 saturated heterocycles. The van der Waals surface area contributed by atoms with Gasteiger partial charge in [0.1, 0.15) is 12.4 Å². The standard InChI is InChI=1S/C23H18FN3O4S/c1-15-20-7-2-3-8-21(20)23(29)27(15)14-22(28)25-17-9-11-19(12-10-17)32(30,31)26-18-6-4-5-16(24)13-18/h2-13,26H,1,14H2,(H,25,28). The van der Waals surface area contributed by atoms with Crippen molar-refractivity contribution >= 4 is 38.9 Å². The summed E-state index contributed by atoms with van der Waals surface area (Å²) in [4.78, 5) is 26.2. The molecule has 0 aliphatic carbocycles. The van der Waals surface area contributed by atoms with Crippen LogP contribution in [0.25, 0.3) is 5.70 Å². The van der Waals surface area contributed by atoms with E-state index in [0.29, 0.717) is 22.5 Å². The predicted octanol–water partition coefficient (Wildman–Crippen LogP) is 3.69. The summed E-state index contributed by atoms with van der Waals surface area (Å²) in [6.45, 7) is 3.67. The van der Waals surface area contributed by atoms with Gasteiger partial charge in [0.05, 0.1) is 10.6 Å². The lowest BCUT2D eigenvalue weighted by Crippen LogP contribution is -2.32. The quantitative estimate of drug-likeness (QED) is 0.598. The van der Waals surface area contributed by atoms with Gasteiger partial charge in [0.25, 0.3) is 15.9 Å². The van der Waals surface area contributed by atoms with E-state index in [2.05, 4.69) is 16.6 Å². The number of halogens is 1. The molecular weight excluding hydrogens is 433 g/mol. The highest BCUT2D eigenvalue weighted by molar-refractivity contribution is 7.92. The Morgan fingerprint density at radius 1 is 0.938 bits per heavy atom. The molecule has 2 amide bonds. The average Bonchev–Trinajstić information content (AvgIpc) is 2.99. The van der Waals surface area contributed by atoms with E-state index in [1.54, 1.807) is 24.3 Å². The Bertz CT molecular complexity index is 1300. The largest absolute Gasteiger partial charge is 0.325 e. The third kappa shape index (κ3) is 4.23. The minimum Gasteiger partial charge on any atom is -0.325 e. The first-order valence-electron chi connectivity index (χ1n) is 9.53. The summed E-state index contributed by atoms with van der Waals surface area (Å²) < 4.78 is 40.5. The van der Waals surface area contributed by atoms with Gasteiger partial charge in [-0.25, -0.2) is 12.8 Å². The number of carbonyl (C=O) groups is 2. The molecule has 9 heteroatoms. The lowest BCUT2D eigenvalue weighted by Gasteiger charge is -2.17. The molecule has 0 saturated carbocycles. The van der Waals surface area contributed by atoms with Crippen molar-refractivity contribution in [2.75, 3.05) is 16.6 Å². The van der Waals surface area contributed by atoms with Crippen LogP contribution in [0.5, 0.6) is 0 Å². The Labute approximate surface area is 184 Å². The van der Waals surface area contributed by atoms with Crippen LogP contribution >= 0.6 is 0 Å². The molecule has 3 aromatic rings. The van der Waals surface area contributed by atoms with E-state index < -0.39 is 21.7 Å². The second kappa shape index (κ2) is 8.27. The maximum atomic E-state index is 13.3. The van der Waals surface area contributed by atoms with Gasteiger partial charge < -0.3 is 5.32 Å². The van der Waals surface area contributed by atoms with Gasteiger partial charge in [0.15, 0.2) is 0 Å². The number of nitrogens with one attached hydrogen (secondary N) is 2. The monoisotopic (exact) mass is 451 g/mol. The van der Waals surface area contributed by atoms with Crippen molar-refractivity contribution in [3.63, 3.8) is 0 Å². The van der Waals surface area contributed by atoms with Crippen molar-refractivity contribution in [3.05, 3.63) is 96.3 Å². The topological polar surface area (TPSA) is 95.6 Å². The first-order valence-corrected chi connectivity index (χ1v) is 11.0. The molecule has 162 valence electrons. The number of sulfonamides is 1. The fourth-order valence-corrected chi connectivity index (χ4v) is 4.38. The molecule has 0 fully saturated rings. The van der Waals surface area contributed by atoms with Gasteiger partial charge in [-0.1, -0.05) is 30.8 Å². The molecule has 4 rings (SSSR count). The number of anilines is 2. The molecule has 3 aromatic carbocycles. The highest BCUT2D eigenvalue weighted by Crippen LogP contribution is 2.30. The first kappa shape index (κ1) is 21.3. The molecular formula is C23H18FN3O4S. The summed E-state index contributed by atoms with van der Waals surface area (Å²) in [7, 11) is -3.93. The Hall–Kier alpha value is -3.98. The van der Waals surface area contributed by atoms with E-state index in [9.17, 15) is 22.4 Å². The van der Waals surface area contributed by atoms with Crippen LogP contribution in [0.2, 0.25) is 0 Å². The van der Waals surface area contributed by atoms with Crippen LogP contribution in [0.3, 0.4) is 0 Å². The van der Waals surface area contributed by atoms with E-state index in [-0.39, 0.29) is 23.0 Å². The molecule has 2 N–H and O–H groups in total. The zero-order chi connectivity index (χ0) is 22.9. The lowest BCUT2D eigenvalue weighted by molar-refractivity contribution is -0.116. The van der Waals surface area contributed by atoms with Crippen LogP contribution in [0.4, 0.5) is 15.8 Å². The molecule has 1 aliphatic heterocycles. The normalized spacial score (nSPS) is 13.1. The van der Waals surface area contributed by atoms with Crippen molar-refractivity contribution in [1.82, 2.24) is 4.90 Å². The Morgan fingerprint density at radius 3 is 2.28 bits per heavy atom. The van der Waals surface area contributed by atoms with Crippen LogP contribution < -0.4 is 10.0 Å². The minimum atomic E-state index is -3.93. The van der Waals surface area contributed by atoms with Crippen molar-refractivity contribution in [2.45, 2.75) is 4.90 Å². The van der Waals surface area contributed by atoms with Crippen molar-refractivity contribution in [2.24, 2.45) is 0 Å². The van der Waals surface area contributed by atoms with Crippen LogP contribution in [0, 0.1) is 5.82 Å². The molecule has 0 spiro atoms. The fourth-order valence-electron chi connectivity index (χ4n) is 3.33. The maximum absolute atomic E-state index is 13.3. The van der Waals surface area contributed by atoms with Gasteiger partial charge in [-0.15, -0.1) is 0 Å². The van der Waals surface area contributed by atoms with Crippen LogP contribution in [-0.4, -0.2) is 31.7 Å². The number of hydrogen-bond donors (Lipinski definition) is 2. The van der Waals surface area contributed by atoms with Gasteiger partial charge in [-0.05, 0) is 48.5 Å². The fraction of sp³-hybridized carbons (Fsp3) is 0.0435. The summed E-state index contributed by atoms with van der Waals surface area (Å²) in [6, 6.07) is 17.6. The molecule has 0 unspecified atom stereocenters. The van der Waals surface area contributed by atoms with E-state index in [4.69, 9.17) is 0 Å². The second-order valence-electron chi connectivity index (χ2n) is 7.07. The van der Waals surface area contributed by atoms with E-state index in [0.717, 1.165) is 6.07 Å². The molecule has 32 heavy (non-hydrogen) atoms. The van der Waals surface area contributed by atoms with Crippen LogP contribution in [0.15, 0.2) is 84.3 Å². The SMILES string of the molecule is C=C1c2ccccc2C(=O)N1CC(=O)Nc1ccc(S(=O)(=O)Nc2cccc(F)c2)cc1. The number of hydrogen-bond acceptors (Lipinski definition) is 4. The average molecular weight is 451 g/mol. The summed E-state index contributed by atoms with van der Waals surface area (Å²) >= 11 is 0. The van der Waals surface area contributed by atoms with Gasteiger partial charge in [-0.3, -0.25) is 19.2 Å². The third-order valence-corrected chi connectivity index (χ3v) is 6.26. The zero-order valence-corrected chi connectivity index (χ0v) is 17.5. The molecule has 0 radical (unpaired) electrons. The van der Waals surface area contributed by atoms with Gasteiger partial charge in [0.2, 0.25) is 5.91 Å². The summed E-state index contributed by atoms with van der Waals surface area (Å²) in [5, 5.41) is 2.63. The minimum absolute atomic E-state index is 0.0571. The van der Waals surface area contributed by atoms with Crippen molar-refractivity contribution < 1.29 is 22.4 Å². The molecule has 0 bridgehead atoms. The number of nitrogens with zero attached hydrogens (tertiary/aromatic N) is 1. The third-order valence-electron chi connectivity index (χ3n) is 4.87. The highest BCUT2D eigenvalue weighted by atomic mass is 32.2. The van der Waals surface area contributed by atoms with E-state index >= 15 is 0 Å². The molecule has 7 nitrogen and oxygen atoms in total. The van der Waals surface area contributed by atoms with Crippen LogP contribution in [0.1, 0.15) is 15.9 Å². The van der Waals surface area contributed by atoms with Crippen molar-refractivity contribution in [3.8, 4) is 0 Å². The summed E-state index contributed by atoms with van der Waals surface area (Å²) in [6.07, 6.45) is 0. The molecule has 1 heterocycles. The number of carbonyl (C=O) groups excluding carboxylic acids is 2. The second-order valence-corrected chi connectivity index (χ2v) is 8.75. The maximum Gasteiger partial charge on any atom is 0.261 e.